The van der Waals surface area contributed by atoms with Crippen molar-refractivity contribution in [1.82, 2.24) is 4.90 Å². The number of benzene rings is 1. The van der Waals surface area contributed by atoms with Gasteiger partial charge in [-0.2, -0.15) is 0 Å². The second-order valence-electron chi connectivity index (χ2n) is 4.46. The van der Waals surface area contributed by atoms with Gasteiger partial charge in [-0.15, -0.1) is 13.2 Å². The number of nitrogens with one attached hydrogen (secondary N) is 1. The van der Waals surface area contributed by atoms with Crippen LogP contribution < -0.4 is 10.1 Å². The number of alkyl halides is 3. The topological polar surface area (TPSA) is 24.5 Å². The predicted molar refractivity (Wildman–Crippen MR) is 62.6 cm³/mol. The first-order valence-electron chi connectivity index (χ1n) is 5.73. The molecule has 18 heavy (non-hydrogen) atoms. The van der Waals surface area contributed by atoms with Gasteiger partial charge < -0.3 is 15.0 Å². The van der Waals surface area contributed by atoms with E-state index < -0.39 is 6.36 Å². The lowest BCUT2D eigenvalue weighted by atomic mass is 10.2. The Labute approximate surface area is 104 Å². The van der Waals surface area contributed by atoms with Crippen molar-refractivity contribution in [3.63, 3.8) is 0 Å². The molecule has 0 bridgehead atoms. The normalized spacial score (nSPS) is 21.0. The van der Waals surface area contributed by atoms with E-state index in [-0.39, 0.29) is 5.75 Å². The number of likely N-dealkylation sites (N-methyl/N-ethyl adjacent to an activating group) is 1. The Kier molecular flexibility index (Phi) is 3.65. The average molecular weight is 260 g/mol. The van der Waals surface area contributed by atoms with E-state index in [1.165, 1.54) is 12.1 Å². The molecule has 0 spiro atoms. The lowest BCUT2D eigenvalue weighted by molar-refractivity contribution is -0.274. The lowest BCUT2D eigenvalue weighted by Crippen LogP contribution is -2.23. The third-order valence-corrected chi connectivity index (χ3v) is 2.85. The van der Waals surface area contributed by atoms with Crippen molar-refractivity contribution in [1.29, 1.82) is 0 Å². The minimum absolute atomic E-state index is 0.198. The van der Waals surface area contributed by atoms with Gasteiger partial charge in [-0.25, -0.2) is 0 Å². The van der Waals surface area contributed by atoms with E-state index in [9.17, 15) is 13.2 Å². The molecule has 1 saturated heterocycles. The van der Waals surface area contributed by atoms with Crippen molar-refractivity contribution >= 4 is 5.69 Å². The Morgan fingerprint density at radius 1 is 1.28 bits per heavy atom. The zero-order valence-electron chi connectivity index (χ0n) is 10.00. The van der Waals surface area contributed by atoms with Crippen LogP contribution in [0.25, 0.3) is 0 Å². The van der Waals surface area contributed by atoms with Crippen LogP contribution in [0.5, 0.6) is 5.75 Å². The molecule has 0 aliphatic carbocycles. The number of halogens is 3. The maximum atomic E-state index is 12.0. The highest BCUT2D eigenvalue weighted by Crippen LogP contribution is 2.24. The molecule has 1 N–H and O–H groups in total. The van der Waals surface area contributed by atoms with E-state index in [0.717, 1.165) is 25.2 Å². The van der Waals surface area contributed by atoms with Gasteiger partial charge in [0.2, 0.25) is 0 Å². The van der Waals surface area contributed by atoms with E-state index in [1.807, 2.05) is 7.05 Å². The molecule has 0 amide bonds. The van der Waals surface area contributed by atoms with Crippen molar-refractivity contribution in [2.75, 3.05) is 25.5 Å². The molecule has 2 rings (SSSR count). The van der Waals surface area contributed by atoms with Crippen LogP contribution in [0.1, 0.15) is 6.42 Å². The molecular formula is C12H15F3N2O. The molecule has 1 unspecified atom stereocenters. The van der Waals surface area contributed by atoms with E-state index in [1.54, 1.807) is 12.1 Å². The monoisotopic (exact) mass is 260 g/mol. The molecule has 0 radical (unpaired) electrons. The summed E-state index contributed by atoms with van der Waals surface area (Å²) in [7, 11) is 2.04. The molecule has 6 heteroatoms. The maximum absolute atomic E-state index is 12.0. The Morgan fingerprint density at radius 2 is 1.94 bits per heavy atom. The summed E-state index contributed by atoms with van der Waals surface area (Å²) in [5.74, 6) is -0.198. The Morgan fingerprint density at radius 3 is 2.44 bits per heavy atom. The number of nitrogens with zero attached hydrogens (tertiary/aromatic N) is 1. The number of ether oxygens (including phenoxy) is 1. The minimum atomic E-state index is -4.64. The molecule has 1 aliphatic rings. The highest BCUT2D eigenvalue weighted by atomic mass is 19.4. The summed E-state index contributed by atoms with van der Waals surface area (Å²) < 4.78 is 39.7. The van der Waals surface area contributed by atoms with Crippen LogP contribution in [-0.2, 0) is 0 Å². The average Bonchev–Trinajstić information content (AvgIpc) is 2.65. The number of hydrogen-bond donors (Lipinski definition) is 1. The fraction of sp³-hybridized carbons (Fsp3) is 0.500. The summed E-state index contributed by atoms with van der Waals surface area (Å²) in [6, 6.07) is 6.17. The summed E-state index contributed by atoms with van der Waals surface area (Å²) in [5, 5.41) is 3.28. The molecule has 0 aromatic heterocycles. The standard InChI is InChI=1S/C12H15F3N2O/c1-17-7-6-10(8-17)16-9-2-4-11(5-3-9)18-12(13,14)15/h2-5,10,16H,6-8H2,1H3. The second kappa shape index (κ2) is 5.06. The second-order valence-corrected chi connectivity index (χ2v) is 4.46. The molecule has 0 saturated carbocycles. The summed E-state index contributed by atoms with van der Waals surface area (Å²) in [4.78, 5) is 2.21. The van der Waals surface area contributed by atoms with Gasteiger partial charge in [0.15, 0.2) is 0 Å². The molecule has 1 aliphatic heterocycles. The van der Waals surface area contributed by atoms with E-state index in [2.05, 4.69) is 15.0 Å². The molecule has 1 aromatic carbocycles. The highest BCUT2D eigenvalue weighted by molar-refractivity contribution is 5.47. The molecule has 1 atom stereocenters. The van der Waals surface area contributed by atoms with Crippen molar-refractivity contribution in [3.8, 4) is 5.75 Å². The fourth-order valence-corrected chi connectivity index (χ4v) is 2.04. The maximum Gasteiger partial charge on any atom is 0.573 e. The van der Waals surface area contributed by atoms with Gasteiger partial charge in [-0.1, -0.05) is 0 Å². The van der Waals surface area contributed by atoms with Gasteiger partial charge in [-0.05, 0) is 44.3 Å². The van der Waals surface area contributed by atoms with Gasteiger partial charge in [0.05, 0.1) is 0 Å². The summed E-state index contributed by atoms with van der Waals surface area (Å²) in [6.07, 6.45) is -3.60. The van der Waals surface area contributed by atoms with Crippen molar-refractivity contribution < 1.29 is 17.9 Å². The van der Waals surface area contributed by atoms with Gasteiger partial charge in [0.1, 0.15) is 5.75 Å². The first-order valence-corrected chi connectivity index (χ1v) is 5.73. The largest absolute Gasteiger partial charge is 0.573 e. The molecule has 3 nitrogen and oxygen atoms in total. The third kappa shape index (κ3) is 3.80. The van der Waals surface area contributed by atoms with Crippen LogP contribution in [0, 0.1) is 0 Å². The lowest BCUT2D eigenvalue weighted by Gasteiger charge is -2.15. The Bertz CT molecular complexity index is 391. The SMILES string of the molecule is CN1CCC(Nc2ccc(OC(F)(F)F)cc2)C1. The number of hydrogen-bond acceptors (Lipinski definition) is 3. The smallest absolute Gasteiger partial charge is 0.406 e. The fourth-order valence-electron chi connectivity index (χ4n) is 2.04. The molecule has 100 valence electrons. The van der Waals surface area contributed by atoms with Crippen LogP contribution in [0.3, 0.4) is 0 Å². The summed E-state index contributed by atoms with van der Waals surface area (Å²) >= 11 is 0. The number of anilines is 1. The first kappa shape index (κ1) is 13.0. The van der Waals surface area contributed by atoms with Crippen LogP contribution in [0.4, 0.5) is 18.9 Å². The zero-order valence-corrected chi connectivity index (χ0v) is 10.00. The summed E-state index contributed by atoms with van der Waals surface area (Å²) in [6.45, 7) is 1.98. The molecule has 1 aromatic rings. The summed E-state index contributed by atoms with van der Waals surface area (Å²) in [5.41, 5.74) is 0.810. The van der Waals surface area contributed by atoms with Crippen LogP contribution in [-0.4, -0.2) is 37.4 Å². The molecule has 1 heterocycles. The zero-order chi connectivity index (χ0) is 13.2. The Balaban J connectivity index is 1.91. The number of likely N-dealkylation sites (tertiary alicyclic amines) is 1. The molecule has 1 fully saturated rings. The Hall–Kier alpha value is -1.43. The van der Waals surface area contributed by atoms with E-state index in [4.69, 9.17) is 0 Å². The van der Waals surface area contributed by atoms with E-state index in [0.29, 0.717) is 6.04 Å². The van der Waals surface area contributed by atoms with Crippen LogP contribution >= 0.6 is 0 Å². The van der Waals surface area contributed by atoms with Gasteiger partial charge >= 0.3 is 6.36 Å². The number of rotatable bonds is 3. The van der Waals surface area contributed by atoms with Crippen LogP contribution in [0.2, 0.25) is 0 Å². The van der Waals surface area contributed by atoms with Gasteiger partial charge in [0.25, 0.3) is 0 Å². The first-order chi connectivity index (χ1) is 8.42. The minimum Gasteiger partial charge on any atom is -0.406 e. The van der Waals surface area contributed by atoms with Crippen molar-refractivity contribution in [3.05, 3.63) is 24.3 Å². The molecular weight excluding hydrogens is 245 g/mol. The van der Waals surface area contributed by atoms with E-state index >= 15 is 0 Å². The van der Waals surface area contributed by atoms with Gasteiger partial charge in [-0.3, -0.25) is 0 Å². The van der Waals surface area contributed by atoms with Crippen molar-refractivity contribution in [2.24, 2.45) is 0 Å². The third-order valence-electron chi connectivity index (χ3n) is 2.85. The quantitative estimate of drug-likeness (QED) is 0.904. The predicted octanol–water partition coefficient (Wildman–Crippen LogP) is 2.70. The van der Waals surface area contributed by atoms with Gasteiger partial charge in [0, 0.05) is 18.3 Å². The van der Waals surface area contributed by atoms with Crippen molar-refractivity contribution in [2.45, 2.75) is 18.8 Å². The highest BCUT2D eigenvalue weighted by Gasteiger charge is 2.31. The van der Waals surface area contributed by atoms with Crippen LogP contribution in [0.15, 0.2) is 24.3 Å².